The molecule has 0 bridgehead atoms. The lowest BCUT2D eigenvalue weighted by Gasteiger charge is -2.26. The van der Waals surface area contributed by atoms with Gasteiger partial charge in [-0.25, -0.2) is 0 Å². The Morgan fingerprint density at radius 1 is 1.40 bits per heavy atom. The van der Waals surface area contributed by atoms with E-state index in [2.05, 4.69) is 6.07 Å². The van der Waals surface area contributed by atoms with E-state index in [0.717, 1.165) is 10.6 Å². The van der Waals surface area contributed by atoms with Gasteiger partial charge >= 0.3 is 5.97 Å². The number of halogens is 1. The Morgan fingerprint density at radius 2 is 2.05 bits per heavy atom. The van der Waals surface area contributed by atoms with E-state index in [1.807, 2.05) is 37.7 Å². The van der Waals surface area contributed by atoms with Gasteiger partial charge in [-0.1, -0.05) is 37.6 Å². The first kappa shape index (κ1) is 15.7. The molecule has 1 saturated heterocycles. The van der Waals surface area contributed by atoms with Crippen molar-refractivity contribution in [3.63, 3.8) is 0 Å². The maximum atomic E-state index is 11.0. The second-order valence-electron chi connectivity index (χ2n) is 6.08. The zero-order chi connectivity index (χ0) is 14.8. The van der Waals surface area contributed by atoms with Gasteiger partial charge in [0, 0.05) is 10.4 Å². The normalized spacial score (nSPS) is 17.1. The fourth-order valence-electron chi connectivity index (χ4n) is 2.77. The Morgan fingerprint density at radius 3 is 2.60 bits per heavy atom. The van der Waals surface area contributed by atoms with Crippen LogP contribution in [0, 0.1) is 0 Å². The topological polar surface area (TPSA) is 37.3 Å². The molecule has 1 aliphatic rings. The number of carboxylic acids is 1. The van der Waals surface area contributed by atoms with Crippen molar-refractivity contribution in [1.82, 2.24) is 0 Å². The fourth-order valence-corrected chi connectivity index (χ4v) is 4.21. The fraction of sp³-hybridized carbons (Fsp3) is 0.562. The van der Waals surface area contributed by atoms with Gasteiger partial charge in [-0.2, -0.15) is 11.8 Å². The van der Waals surface area contributed by atoms with Crippen molar-refractivity contribution in [1.29, 1.82) is 0 Å². The Labute approximate surface area is 129 Å². The van der Waals surface area contributed by atoms with Crippen molar-refractivity contribution >= 4 is 29.3 Å². The summed E-state index contributed by atoms with van der Waals surface area (Å²) in [5.41, 5.74) is 1.83. The molecule has 0 aliphatic carbocycles. The Balaban J connectivity index is 2.22. The van der Waals surface area contributed by atoms with Crippen LogP contribution < -0.4 is 0 Å². The van der Waals surface area contributed by atoms with Crippen LogP contribution in [0.2, 0.25) is 5.02 Å². The monoisotopic (exact) mass is 312 g/mol. The lowest BCUT2D eigenvalue weighted by Crippen LogP contribution is -2.22. The van der Waals surface area contributed by atoms with Crippen molar-refractivity contribution < 1.29 is 9.90 Å². The van der Waals surface area contributed by atoms with Crippen LogP contribution in [0.4, 0.5) is 0 Å². The molecule has 0 spiro atoms. The summed E-state index contributed by atoms with van der Waals surface area (Å²) in [7, 11) is 0. The summed E-state index contributed by atoms with van der Waals surface area (Å²) >= 11 is 8.46. The second kappa shape index (κ2) is 6.40. The smallest absolute Gasteiger partial charge is 0.304 e. The molecule has 0 atom stereocenters. The highest BCUT2D eigenvalue weighted by molar-refractivity contribution is 7.99. The minimum Gasteiger partial charge on any atom is -0.481 e. The first-order valence-corrected chi connectivity index (χ1v) is 8.53. The molecular weight excluding hydrogens is 292 g/mol. The average molecular weight is 313 g/mol. The van der Waals surface area contributed by atoms with Crippen LogP contribution in [0.5, 0.6) is 0 Å². The molecule has 1 aliphatic heterocycles. The van der Waals surface area contributed by atoms with Gasteiger partial charge in [-0.15, -0.1) is 0 Å². The lowest BCUT2D eigenvalue weighted by atomic mass is 9.80. The Bertz CT molecular complexity index is 493. The van der Waals surface area contributed by atoms with Gasteiger partial charge in [0.05, 0.1) is 6.42 Å². The van der Waals surface area contributed by atoms with Crippen molar-refractivity contribution in [2.45, 2.75) is 44.4 Å². The summed E-state index contributed by atoms with van der Waals surface area (Å²) in [6, 6.07) is 6.11. The summed E-state index contributed by atoms with van der Waals surface area (Å²) in [6.45, 7) is 3.90. The van der Waals surface area contributed by atoms with E-state index in [1.165, 1.54) is 29.9 Å². The van der Waals surface area contributed by atoms with Crippen molar-refractivity contribution in [3.8, 4) is 0 Å². The van der Waals surface area contributed by atoms with Crippen LogP contribution in [0.25, 0.3) is 0 Å². The van der Waals surface area contributed by atoms with E-state index in [1.54, 1.807) is 0 Å². The minimum absolute atomic E-state index is 0.114. The van der Waals surface area contributed by atoms with Crippen LogP contribution in [0.1, 0.15) is 50.2 Å². The van der Waals surface area contributed by atoms with E-state index >= 15 is 0 Å². The van der Waals surface area contributed by atoms with Gasteiger partial charge in [0.1, 0.15) is 0 Å². The van der Waals surface area contributed by atoms with E-state index in [9.17, 15) is 4.79 Å². The molecule has 1 aromatic carbocycles. The van der Waals surface area contributed by atoms with E-state index in [4.69, 9.17) is 16.7 Å². The summed E-state index contributed by atoms with van der Waals surface area (Å²) < 4.78 is 0. The third-order valence-corrected chi connectivity index (χ3v) is 5.41. The molecule has 1 heterocycles. The van der Waals surface area contributed by atoms with Crippen LogP contribution in [0.15, 0.2) is 18.2 Å². The molecule has 1 fully saturated rings. The van der Waals surface area contributed by atoms with Crippen molar-refractivity contribution in [2.75, 3.05) is 11.5 Å². The van der Waals surface area contributed by atoms with E-state index in [0.29, 0.717) is 5.92 Å². The molecule has 1 aromatic rings. The maximum absolute atomic E-state index is 11.0. The Hall–Kier alpha value is -0.670. The van der Waals surface area contributed by atoms with Gasteiger partial charge in [-0.05, 0) is 47.5 Å². The zero-order valence-corrected chi connectivity index (χ0v) is 13.6. The zero-order valence-electron chi connectivity index (χ0n) is 12.0. The van der Waals surface area contributed by atoms with E-state index in [-0.39, 0.29) is 6.42 Å². The first-order chi connectivity index (χ1) is 9.40. The highest BCUT2D eigenvalue weighted by Gasteiger charge is 2.26. The summed E-state index contributed by atoms with van der Waals surface area (Å²) in [5, 5.41) is 9.79. The molecule has 0 saturated carbocycles. The third kappa shape index (κ3) is 3.70. The number of carbonyl (C=O) groups is 1. The molecule has 1 N–H and O–H groups in total. The molecular formula is C16H21ClO2S. The molecule has 0 aromatic heterocycles. The molecule has 110 valence electrons. The predicted molar refractivity (Wildman–Crippen MR) is 86.0 cm³/mol. The van der Waals surface area contributed by atoms with Crippen LogP contribution in [0.3, 0.4) is 0 Å². The van der Waals surface area contributed by atoms with Gasteiger partial charge < -0.3 is 5.11 Å². The second-order valence-corrected chi connectivity index (χ2v) is 7.71. The molecule has 0 unspecified atom stereocenters. The minimum atomic E-state index is -0.778. The largest absolute Gasteiger partial charge is 0.481 e. The van der Waals surface area contributed by atoms with Crippen molar-refractivity contribution in [2.24, 2.45) is 0 Å². The Kier molecular flexibility index (Phi) is 5.03. The number of aliphatic carboxylic acids is 1. The molecule has 4 heteroatoms. The average Bonchev–Trinajstić information content (AvgIpc) is 2.38. The molecule has 2 rings (SSSR count). The van der Waals surface area contributed by atoms with Crippen LogP contribution in [-0.4, -0.2) is 22.6 Å². The van der Waals surface area contributed by atoms with Gasteiger partial charge in [0.15, 0.2) is 0 Å². The molecule has 0 radical (unpaired) electrons. The predicted octanol–water partition coefficient (Wildman–Crippen LogP) is 4.70. The van der Waals surface area contributed by atoms with Crippen molar-refractivity contribution in [3.05, 3.63) is 34.3 Å². The lowest BCUT2D eigenvalue weighted by molar-refractivity contribution is -0.138. The summed E-state index contributed by atoms with van der Waals surface area (Å²) in [5.74, 6) is 2.18. The van der Waals surface area contributed by atoms with Gasteiger partial charge in [0.2, 0.25) is 0 Å². The highest BCUT2D eigenvalue weighted by Crippen LogP contribution is 2.38. The molecule has 2 nitrogen and oxygen atoms in total. The van der Waals surface area contributed by atoms with Crippen LogP contribution in [-0.2, 0) is 10.2 Å². The third-order valence-electron chi connectivity index (χ3n) is 4.04. The van der Waals surface area contributed by atoms with Gasteiger partial charge in [0.25, 0.3) is 0 Å². The first-order valence-electron chi connectivity index (χ1n) is 6.99. The number of hydrogen-bond acceptors (Lipinski definition) is 2. The quantitative estimate of drug-likeness (QED) is 0.875. The standard InChI is InChI=1S/C16H21ClO2S/c1-16(2,10-15(18)19)12-3-4-13(14(17)9-12)11-5-7-20-8-6-11/h3-4,9,11H,5-8,10H2,1-2H3,(H,18,19). The number of carboxylic acid groups (broad SMARTS) is 1. The summed E-state index contributed by atoms with van der Waals surface area (Å²) in [6.07, 6.45) is 2.48. The number of benzene rings is 1. The van der Waals surface area contributed by atoms with Crippen LogP contribution >= 0.6 is 23.4 Å². The van der Waals surface area contributed by atoms with Gasteiger partial charge in [-0.3, -0.25) is 4.79 Å². The summed E-state index contributed by atoms with van der Waals surface area (Å²) in [4.78, 5) is 11.0. The SMILES string of the molecule is CC(C)(CC(=O)O)c1ccc(C2CCSCC2)c(Cl)c1. The number of thioether (sulfide) groups is 1. The number of hydrogen-bond donors (Lipinski definition) is 1. The molecule has 20 heavy (non-hydrogen) atoms. The highest BCUT2D eigenvalue weighted by atomic mass is 35.5. The number of rotatable bonds is 4. The van der Waals surface area contributed by atoms with E-state index < -0.39 is 11.4 Å². The maximum Gasteiger partial charge on any atom is 0.304 e. The molecule has 0 amide bonds.